The maximum Gasteiger partial charge on any atom is 0.0677 e. The SMILES string of the molecule is C1=c2ccccc2=C2NCCC2N1. The van der Waals surface area contributed by atoms with Crippen LogP contribution in [0.2, 0.25) is 0 Å². The number of hydrogen-bond donors (Lipinski definition) is 2. The number of hydrogen-bond acceptors (Lipinski definition) is 2. The summed E-state index contributed by atoms with van der Waals surface area (Å²) < 4.78 is 0. The van der Waals surface area contributed by atoms with Crippen LogP contribution in [-0.2, 0) is 0 Å². The van der Waals surface area contributed by atoms with E-state index in [9.17, 15) is 0 Å². The Morgan fingerprint density at radius 1 is 1.23 bits per heavy atom. The highest BCUT2D eigenvalue weighted by Crippen LogP contribution is 2.10. The van der Waals surface area contributed by atoms with E-state index in [1.807, 2.05) is 0 Å². The van der Waals surface area contributed by atoms with Crippen LogP contribution in [-0.4, -0.2) is 12.6 Å². The summed E-state index contributed by atoms with van der Waals surface area (Å²) >= 11 is 0. The second-order valence-electron chi connectivity index (χ2n) is 3.58. The first-order chi connectivity index (χ1) is 6.45. The Bertz CT molecular complexity index is 447. The Hall–Kier alpha value is -1.44. The van der Waals surface area contributed by atoms with Gasteiger partial charge in [0.2, 0.25) is 0 Å². The molecule has 2 N–H and O–H groups in total. The summed E-state index contributed by atoms with van der Waals surface area (Å²) in [5.74, 6) is 0. The summed E-state index contributed by atoms with van der Waals surface area (Å²) in [5.41, 5.74) is 1.37. The number of rotatable bonds is 0. The van der Waals surface area contributed by atoms with Crippen molar-refractivity contribution >= 4 is 11.9 Å². The minimum absolute atomic E-state index is 0.523. The Morgan fingerprint density at radius 2 is 2.15 bits per heavy atom. The van der Waals surface area contributed by atoms with Gasteiger partial charge in [0.15, 0.2) is 0 Å². The lowest BCUT2D eigenvalue weighted by atomic mass is 10.1. The first-order valence-corrected chi connectivity index (χ1v) is 4.74. The van der Waals surface area contributed by atoms with Crippen LogP contribution in [0, 0.1) is 0 Å². The van der Waals surface area contributed by atoms with Gasteiger partial charge in [0.25, 0.3) is 0 Å². The summed E-state index contributed by atoms with van der Waals surface area (Å²) in [6, 6.07) is 9.03. The van der Waals surface area contributed by atoms with Crippen LogP contribution in [0.3, 0.4) is 0 Å². The number of fused-ring (bicyclic) bond motifs is 2. The largest absolute Gasteiger partial charge is 0.386 e. The monoisotopic (exact) mass is 172 g/mol. The average Bonchev–Trinajstić information content (AvgIpc) is 2.65. The molecule has 2 aliphatic heterocycles. The minimum atomic E-state index is 0.523. The van der Waals surface area contributed by atoms with E-state index in [1.54, 1.807) is 0 Å². The van der Waals surface area contributed by atoms with E-state index < -0.39 is 0 Å². The Morgan fingerprint density at radius 3 is 3.15 bits per heavy atom. The fourth-order valence-electron chi connectivity index (χ4n) is 2.13. The Labute approximate surface area is 77.0 Å². The van der Waals surface area contributed by atoms with Crippen molar-refractivity contribution in [3.63, 3.8) is 0 Å². The third kappa shape index (κ3) is 0.949. The normalized spacial score (nSPS) is 23.7. The van der Waals surface area contributed by atoms with Crippen molar-refractivity contribution in [2.75, 3.05) is 6.54 Å². The molecule has 3 rings (SSSR count). The number of nitrogens with one attached hydrogen (secondary N) is 2. The summed E-state index contributed by atoms with van der Waals surface area (Å²) in [4.78, 5) is 0. The number of benzene rings is 1. The molecule has 0 spiro atoms. The van der Waals surface area contributed by atoms with E-state index in [4.69, 9.17) is 0 Å². The molecule has 0 aliphatic carbocycles. The first-order valence-electron chi connectivity index (χ1n) is 4.74. The minimum Gasteiger partial charge on any atom is -0.386 e. The molecule has 2 aliphatic rings. The van der Waals surface area contributed by atoms with Gasteiger partial charge in [-0.2, -0.15) is 0 Å². The molecule has 0 bridgehead atoms. The predicted octanol–water partition coefficient (Wildman–Crippen LogP) is -0.502. The lowest BCUT2D eigenvalue weighted by Crippen LogP contribution is -2.42. The fourth-order valence-corrected chi connectivity index (χ4v) is 2.13. The molecular weight excluding hydrogens is 160 g/mol. The van der Waals surface area contributed by atoms with Gasteiger partial charge < -0.3 is 10.6 Å². The van der Waals surface area contributed by atoms with Gasteiger partial charge in [0.1, 0.15) is 0 Å². The highest BCUT2D eigenvalue weighted by atomic mass is 15.0. The molecule has 1 aromatic carbocycles. The van der Waals surface area contributed by atoms with Crippen LogP contribution in [0.1, 0.15) is 6.42 Å². The predicted molar refractivity (Wildman–Crippen MR) is 53.1 cm³/mol. The van der Waals surface area contributed by atoms with E-state index >= 15 is 0 Å². The van der Waals surface area contributed by atoms with Gasteiger partial charge >= 0.3 is 0 Å². The molecule has 2 heteroatoms. The van der Waals surface area contributed by atoms with E-state index in [1.165, 1.54) is 22.6 Å². The molecule has 1 aromatic rings. The molecule has 1 saturated heterocycles. The molecule has 2 nitrogen and oxygen atoms in total. The standard InChI is InChI=1S/C11H12N2/c1-2-4-9-8(3-1)7-13-10-5-6-12-11(9)10/h1-4,7,10,12-13H,5-6H2. The Balaban J connectivity index is 2.38. The molecule has 0 amide bonds. The molecule has 0 aromatic heterocycles. The average molecular weight is 172 g/mol. The van der Waals surface area contributed by atoms with Crippen molar-refractivity contribution in [3.8, 4) is 0 Å². The van der Waals surface area contributed by atoms with Crippen molar-refractivity contribution in [2.24, 2.45) is 0 Å². The maximum atomic E-state index is 3.45. The van der Waals surface area contributed by atoms with Crippen molar-refractivity contribution in [1.29, 1.82) is 0 Å². The molecule has 1 unspecified atom stereocenters. The highest BCUT2D eigenvalue weighted by Gasteiger charge is 2.21. The van der Waals surface area contributed by atoms with Crippen LogP contribution in [0.5, 0.6) is 0 Å². The van der Waals surface area contributed by atoms with Crippen LogP contribution in [0.4, 0.5) is 0 Å². The van der Waals surface area contributed by atoms with Crippen LogP contribution in [0.25, 0.3) is 11.9 Å². The van der Waals surface area contributed by atoms with Crippen LogP contribution < -0.4 is 21.1 Å². The van der Waals surface area contributed by atoms with Gasteiger partial charge in [-0.1, -0.05) is 24.3 Å². The van der Waals surface area contributed by atoms with Crippen molar-refractivity contribution in [3.05, 3.63) is 34.7 Å². The van der Waals surface area contributed by atoms with Gasteiger partial charge in [0, 0.05) is 23.7 Å². The first kappa shape index (κ1) is 7.01. The summed E-state index contributed by atoms with van der Waals surface area (Å²) in [7, 11) is 0. The topological polar surface area (TPSA) is 24.1 Å². The second-order valence-corrected chi connectivity index (χ2v) is 3.58. The zero-order chi connectivity index (χ0) is 8.67. The van der Waals surface area contributed by atoms with Gasteiger partial charge in [-0.3, -0.25) is 0 Å². The molecule has 13 heavy (non-hydrogen) atoms. The Kier molecular flexibility index (Phi) is 1.36. The van der Waals surface area contributed by atoms with E-state index in [2.05, 4.69) is 41.1 Å². The molecule has 1 atom stereocenters. The zero-order valence-electron chi connectivity index (χ0n) is 7.38. The van der Waals surface area contributed by atoms with Crippen molar-refractivity contribution < 1.29 is 0 Å². The van der Waals surface area contributed by atoms with Gasteiger partial charge in [-0.05, 0) is 11.6 Å². The lowest BCUT2D eigenvalue weighted by molar-refractivity contribution is 0.734. The lowest BCUT2D eigenvalue weighted by Gasteiger charge is -2.16. The van der Waals surface area contributed by atoms with E-state index in [-0.39, 0.29) is 0 Å². The zero-order valence-corrected chi connectivity index (χ0v) is 7.38. The van der Waals surface area contributed by atoms with E-state index in [0.29, 0.717) is 6.04 Å². The van der Waals surface area contributed by atoms with Gasteiger partial charge in [-0.15, -0.1) is 0 Å². The van der Waals surface area contributed by atoms with Crippen molar-refractivity contribution in [2.45, 2.75) is 12.5 Å². The summed E-state index contributed by atoms with van der Waals surface area (Å²) in [6.07, 6.45) is 3.32. The summed E-state index contributed by atoms with van der Waals surface area (Å²) in [6.45, 7) is 1.09. The smallest absolute Gasteiger partial charge is 0.0677 e. The van der Waals surface area contributed by atoms with Crippen molar-refractivity contribution in [1.82, 2.24) is 10.6 Å². The van der Waals surface area contributed by atoms with Crippen LogP contribution >= 0.6 is 0 Å². The second kappa shape index (κ2) is 2.52. The molecule has 2 heterocycles. The van der Waals surface area contributed by atoms with Gasteiger partial charge in [0.05, 0.1) is 6.04 Å². The molecule has 1 fully saturated rings. The molecule has 0 saturated carbocycles. The van der Waals surface area contributed by atoms with E-state index in [0.717, 1.165) is 6.54 Å². The van der Waals surface area contributed by atoms with Crippen LogP contribution in [0.15, 0.2) is 24.3 Å². The molecule has 0 radical (unpaired) electrons. The quantitative estimate of drug-likeness (QED) is 0.551. The summed E-state index contributed by atoms with van der Waals surface area (Å²) in [5, 5.41) is 9.52. The fraction of sp³-hybridized carbons (Fsp3) is 0.273. The van der Waals surface area contributed by atoms with Gasteiger partial charge in [-0.25, -0.2) is 0 Å². The third-order valence-electron chi connectivity index (χ3n) is 2.79. The molecule has 66 valence electrons. The molecular formula is C11H12N2. The third-order valence-corrected chi connectivity index (χ3v) is 2.79. The maximum absolute atomic E-state index is 3.45. The highest BCUT2D eigenvalue weighted by molar-refractivity contribution is 5.56.